The Morgan fingerprint density at radius 2 is 2.16 bits per heavy atom. The molecule has 5 atom stereocenters. The minimum Gasteiger partial charge on any atom is -0.504 e. The van der Waals surface area contributed by atoms with Crippen molar-refractivity contribution in [3.63, 3.8) is 0 Å². The summed E-state index contributed by atoms with van der Waals surface area (Å²) >= 11 is 6.35. The van der Waals surface area contributed by atoms with E-state index in [0.29, 0.717) is 27.8 Å². The number of halogens is 1. The molecule has 0 aliphatic carbocycles. The second-order valence-corrected chi connectivity index (χ2v) is 9.09. The smallest absolute Gasteiger partial charge is 0.337 e. The summed E-state index contributed by atoms with van der Waals surface area (Å²) in [6, 6.07) is 3.73. The highest BCUT2D eigenvalue weighted by molar-refractivity contribution is 6.32. The lowest BCUT2D eigenvalue weighted by Gasteiger charge is -2.46. The molecular weight excluding hydrogens is 420 g/mol. The van der Waals surface area contributed by atoms with E-state index in [-0.39, 0.29) is 17.9 Å². The van der Waals surface area contributed by atoms with Crippen LogP contribution in [-0.2, 0) is 14.3 Å². The van der Waals surface area contributed by atoms with Crippen molar-refractivity contribution in [2.24, 2.45) is 11.8 Å². The second kappa shape index (κ2) is 8.52. The molecule has 1 unspecified atom stereocenters. The number of hydrogen-bond donors (Lipinski definition) is 2. The summed E-state index contributed by atoms with van der Waals surface area (Å²) in [4.78, 5) is 15.0. The van der Waals surface area contributed by atoms with Crippen LogP contribution in [0.15, 0.2) is 24.0 Å². The Labute approximate surface area is 188 Å². The minimum atomic E-state index is -0.766. The van der Waals surface area contributed by atoms with E-state index in [1.54, 1.807) is 20.3 Å². The number of ether oxygens (including phenoxy) is 3. The first-order valence-electron chi connectivity index (χ1n) is 10.8. The molecule has 8 heteroatoms. The van der Waals surface area contributed by atoms with Gasteiger partial charge in [0, 0.05) is 30.4 Å². The van der Waals surface area contributed by atoms with Crippen LogP contribution in [0.2, 0.25) is 5.02 Å². The van der Waals surface area contributed by atoms with Crippen molar-refractivity contribution in [3.8, 4) is 5.75 Å². The average molecular weight is 451 g/mol. The molecule has 3 heterocycles. The highest BCUT2D eigenvalue weighted by atomic mass is 35.5. The number of nitrogens with one attached hydrogen (secondary N) is 1. The maximum absolute atomic E-state index is 12.6. The van der Waals surface area contributed by atoms with Gasteiger partial charge in [-0.3, -0.25) is 4.90 Å². The summed E-state index contributed by atoms with van der Waals surface area (Å²) in [5.41, 5.74) is 1.56. The van der Waals surface area contributed by atoms with E-state index in [0.717, 1.165) is 38.0 Å². The summed E-state index contributed by atoms with van der Waals surface area (Å²) in [5, 5.41) is 15.7. The molecule has 3 aliphatic heterocycles. The Morgan fingerprint density at radius 3 is 2.81 bits per heavy atom. The largest absolute Gasteiger partial charge is 0.504 e. The van der Waals surface area contributed by atoms with E-state index in [2.05, 4.69) is 17.1 Å². The first kappa shape index (κ1) is 22.2. The lowest BCUT2D eigenvalue weighted by molar-refractivity contribution is -0.137. The van der Waals surface area contributed by atoms with Gasteiger partial charge in [-0.05, 0) is 36.8 Å². The van der Waals surface area contributed by atoms with Crippen LogP contribution in [0, 0.1) is 11.8 Å². The van der Waals surface area contributed by atoms with Crippen LogP contribution in [0.25, 0.3) is 0 Å². The number of benzene rings is 1. The molecule has 1 aromatic carbocycles. The van der Waals surface area contributed by atoms with Crippen LogP contribution < -0.4 is 10.1 Å². The number of hydrogen-bond acceptors (Lipinski definition) is 7. The standard InChI is InChI=1S/C23H31ClN2O5/c1-5-13-11-26-9-8-23(18(26)10-14(13)15(12-29-2)22(28)31-4)21(27)19-17(25-23)7-6-16(24)20(19)30-3/h6-7,12-14,18,21,25,27H,5,8-11H2,1-4H3/b15-12+/t13-,14+,18?,21-,23+/m1/s1. The quantitative estimate of drug-likeness (QED) is 0.404. The molecule has 170 valence electrons. The third-order valence-corrected chi connectivity index (χ3v) is 7.73. The molecule has 0 saturated carbocycles. The molecule has 7 nitrogen and oxygen atoms in total. The van der Waals surface area contributed by atoms with Crippen LogP contribution in [0.4, 0.5) is 5.69 Å². The molecule has 1 spiro atoms. The molecule has 1 aromatic rings. The Balaban J connectivity index is 1.71. The molecule has 2 fully saturated rings. The number of fused-ring (bicyclic) bond motifs is 3. The van der Waals surface area contributed by atoms with Gasteiger partial charge in [0.15, 0.2) is 0 Å². The Hall–Kier alpha value is -1.96. The first-order chi connectivity index (χ1) is 14.9. The summed E-state index contributed by atoms with van der Waals surface area (Å²) in [6.07, 6.45) is 3.21. The van der Waals surface area contributed by atoms with Crippen LogP contribution in [-0.4, -0.2) is 62.0 Å². The zero-order valence-electron chi connectivity index (χ0n) is 18.5. The third-order valence-electron chi connectivity index (χ3n) is 7.43. The molecular formula is C23H31ClN2O5. The maximum atomic E-state index is 12.6. The molecule has 2 N–H and O–H groups in total. The van der Waals surface area contributed by atoms with Crippen LogP contribution >= 0.6 is 11.6 Å². The van der Waals surface area contributed by atoms with Gasteiger partial charge in [0.05, 0.1) is 43.7 Å². The Bertz CT molecular complexity index is 891. The molecule has 31 heavy (non-hydrogen) atoms. The number of carbonyl (C=O) groups is 1. The lowest BCUT2D eigenvalue weighted by atomic mass is 9.71. The van der Waals surface area contributed by atoms with E-state index >= 15 is 0 Å². The normalized spacial score (nSPS) is 32.4. The van der Waals surface area contributed by atoms with Gasteiger partial charge in [-0.15, -0.1) is 0 Å². The number of rotatable bonds is 5. The van der Waals surface area contributed by atoms with Crippen LogP contribution in [0.5, 0.6) is 5.75 Å². The van der Waals surface area contributed by atoms with Gasteiger partial charge in [0.25, 0.3) is 0 Å². The van der Waals surface area contributed by atoms with E-state index in [1.165, 1.54) is 13.4 Å². The van der Waals surface area contributed by atoms with Crippen molar-refractivity contribution >= 4 is 23.3 Å². The summed E-state index contributed by atoms with van der Waals surface area (Å²) in [7, 11) is 4.51. The lowest BCUT2D eigenvalue weighted by Crippen LogP contribution is -2.56. The predicted octanol–water partition coefficient (Wildman–Crippen LogP) is 3.37. The van der Waals surface area contributed by atoms with Crippen molar-refractivity contribution < 1.29 is 24.1 Å². The van der Waals surface area contributed by atoms with Crippen molar-refractivity contribution in [1.82, 2.24) is 4.90 Å². The molecule has 4 rings (SSSR count). The number of esters is 1. The number of piperidine rings is 1. The topological polar surface area (TPSA) is 80.3 Å². The molecule has 3 aliphatic rings. The zero-order chi connectivity index (χ0) is 22.3. The number of anilines is 1. The fourth-order valence-electron chi connectivity index (χ4n) is 5.94. The SMILES string of the molecule is CC[C@@H]1CN2CC[C@]3(Nc4ccc(Cl)c(OC)c4[C@H]3O)C2C[C@@H]1/C(=C\OC)C(=O)OC. The summed E-state index contributed by atoms with van der Waals surface area (Å²) in [6.45, 7) is 3.88. The number of aliphatic hydroxyl groups is 1. The second-order valence-electron chi connectivity index (χ2n) is 8.68. The minimum absolute atomic E-state index is 0.0168. The Kier molecular flexibility index (Phi) is 6.12. The van der Waals surface area contributed by atoms with Gasteiger partial charge >= 0.3 is 5.97 Å². The fraction of sp³-hybridized carbons (Fsp3) is 0.609. The zero-order valence-corrected chi connectivity index (χ0v) is 19.2. The molecule has 2 saturated heterocycles. The average Bonchev–Trinajstić information content (AvgIpc) is 3.28. The molecule has 0 radical (unpaired) electrons. The van der Waals surface area contributed by atoms with Crippen molar-refractivity contribution in [1.29, 1.82) is 0 Å². The first-order valence-corrected chi connectivity index (χ1v) is 11.2. The summed E-state index contributed by atoms with van der Waals surface area (Å²) in [5.74, 6) is 0.443. The molecule has 0 bridgehead atoms. The van der Waals surface area contributed by atoms with Gasteiger partial charge in [-0.2, -0.15) is 0 Å². The van der Waals surface area contributed by atoms with Gasteiger partial charge in [-0.25, -0.2) is 4.79 Å². The van der Waals surface area contributed by atoms with Gasteiger partial charge in [0.1, 0.15) is 11.9 Å². The summed E-state index contributed by atoms with van der Waals surface area (Å²) < 4.78 is 15.8. The van der Waals surface area contributed by atoms with E-state index in [9.17, 15) is 9.90 Å². The monoisotopic (exact) mass is 450 g/mol. The van der Waals surface area contributed by atoms with E-state index in [1.807, 2.05) is 6.07 Å². The van der Waals surface area contributed by atoms with Gasteiger partial charge in [-0.1, -0.05) is 24.9 Å². The number of carbonyl (C=O) groups excluding carboxylic acids is 1. The van der Waals surface area contributed by atoms with Crippen LogP contribution in [0.1, 0.15) is 37.9 Å². The van der Waals surface area contributed by atoms with Crippen molar-refractivity contribution in [2.45, 2.75) is 43.9 Å². The van der Waals surface area contributed by atoms with Crippen LogP contribution in [0.3, 0.4) is 0 Å². The highest BCUT2D eigenvalue weighted by Crippen LogP contribution is 2.56. The van der Waals surface area contributed by atoms with Gasteiger partial charge < -0.3 is 24.6 Å². The Morgan fingerprint density at radius 1 is 1.39 bits per heavy atom. The highest BCUT2D eigenvalue weighted by Gasteiger charge is 2.59. The number of nitrogens with zero attached hydrogens (tertiary/aromatic N) is 1. The van der Waals surface area contributed by atoms with Gasteiger partial charge in [0.2, 0.25) is 0 Å². The maximum Gasteiger partial charge on any atom is 0.337 e. The van der Waals surface area contributed by atoms with Crippen molar-refractivity contribution in [2.75, 3.05) is 39.7 Å². The van der Waals surface area contributed by atoms with E-state index < -0.39 is 11.6 Å². The number of aliphatic hydroxyl groups excluding tert-OH is 1. The predicted molar refractivity (Wildman–Crippen MR) is 118 cm³/mol. The molecule has 0 amide bonds. The number of methoxy groups -OCH3 is 3. The van der Waals surface area contributed by atoms with Crippen molar-refractivity contribution in [3.05, 3.63) is 34.6 Å². The molecule has 0 aromatic heterocycles. The third kappa shape index (κ3) is 3.38. The fourth-order valence-corrected chi connectivity index (χ4v) is 6.19. The van der Waals surface area contributed by atoms with E-state index in [4.69, 9.17) is 25.8 Å².